The van der Waals surface area contributed by atoms with Crippen LogP contribution in [0.15, 0.2) is 57.3 Å². The third kappa shape index (κ3) is 3.11. The van der Waals surface area contributed by atoms with Crippen LogP contribution < -0.4 is 5.56 Å². The Morgan fingerprint density at radius 2 is 2.12 bits per heavy atom. The summed E-state index contributed by atoms with van der Waals surface area (Å²) in [6.07, 6.45) is 4.37. The number of thiophene rings is 1. The molecule has 1 aromatic carbocycles. The summed E-state index contributed by atoms with van der Waals surface area (Å²) < 4.78 is 5.41. The quantitative estimate of drug-likeness (QED) is 0.503. The fourth-order valence-electron chi connectivity index (χ4n) is 2.74. The molecule has 0 aliphatic rings. The van der Waals surface area contributed by atoms with E-state index in [1.807, 2.05) is 23.6 Å². The monoisotopic (exact) mass is 382 g/mol. The van der Waals surface area contributed by atoms with E-state index in [9.17, 15) is 4.79 Å². The number of fused-ring (bicyclic) bond motifs is 1. The Morgan fingerprint density at radius 3 is 2.81 bits per heavy atom. The largest absolute Gasteiger partial charge is 0.464 e. The number of aromatic nitrogens is 2. The molecular weight excluding hydrogens is 368 g/mol. The van der Waals surface area contributed by atoms with E-state index in [0.717, 1.165) is 17.5 Å². The van der Waals surface area contributed by atoms with Crippen molar-refractivity contribution in [2.24, 2.45) is 0 Å². The predicted molar refractivity (Wildman–Crippen MR) is 107 cm³/mol. The highest BCUT2D eigenvalue weighted by molar-refractivity contribution is 7.17. The number of halogens is 1. The number of H-pyrrole nitrogens is 1. The fraction of sp³-hybridized carbons (Fsp3) is 0.100. The van der Waals surface area contributed by atoms with E-state index >= 15 is 0 Å². The van der Waals surface area contributed by atoms with Crippen molar-refractivity contribution in [1.82, 2.24) is 9.97 Å². The summed E-state index contributed by atoms with van der Waals surface area (Å²) in [6.45, 7) is 2.11. The maximum absolute atomic E-state index is 12.6. The molecule has 0 saturated carbocycles. The first-order chi connectivity index (χ1) is 12.7. The average molecular weight is 383 g/mol. The highest BCUT2D eigenvalue weighted by Crippen LogP contribution is 2.31. The summed E-state index contributed by atoms with van der Waals surface area (Å²) >= 11 is 7.80. The minimum Gasteiger partial charge on any atom is -0.464 e. The van der Waals surface area contributed by atoms with Gasteiger partial charge < -0.3 is 9.40 Å². The van der Waals surface area contributed by atoms with Crippen LogP contribution in [0.4, 0.5) is 0 Å². The molecule has 0 bridgehead atoms. The molecule has 26 heavy (non-hydrogen) atoms. The van der Waals surface area contributed by atoms with Crippen LogP contribution in [-0.2, 0) is 6.42 Å². The summed E-state index contributed by atoms with van der Waals surface area (Å²) in [4.78, 5) is 20.5. The molecule has 6 heteroatoms. The predicted octanol–water partition coefficient (Wildman–Crippen LogP) is 5.54. The van der Waals surface area contributed by atoms with E-state index in [-0.39, 0.29) is 5.56 Å². The molecular formula is C20H15ClN2O2S. The van der Waals surface area contributed by atoms with Gasteiger partial charge in [-0.1, -0.05) is 42.8 Å². The SMILES string of the molecule is CCc1ccc(/C=C(\Cl)c2nc3scc(-c4ccco4)c3c(=O)[nH]2)cc1. The van der Waals surface area contributed by atoms with Crippen LogP contribution in [0.5, 0.6) is 0 Å². The second-order valence-electron chi connectivity index (χ2n) is 5.81. The zero-order valence-electron chi connectivity index (χ0n) is 14.0. The Hall–Kier alpha value is -2.63. The van der Waals surface area contributed by atoms with E-state index in [2.05, 4.69) is 29.0 Å². The summed E-state index contributed by atoms with van der Waals surface area (Å²) in [7, 11) is 0. The third-order valence-corrected chi connectivity index (χ3v) is 5.30. The first-order valence-electron chi connectivity index (χ1n) is 8.17. The number of hydrogen-bond donors (Lipinski definition) is 1. The standard InChI is InChI=1S/C20H15ClN2O2S/c1-2-12-5-7-13(8-6-12)10-15(21)18-22-19(24)17-14(11-26-20(17)23-18)16-4-3-9-25-16/h3-11H,2H2,1H3,(H,22,23,24)/b15-10-. The third-order valence-electron chi connectivity index (χ3n) is 4.14. The average Bonchev–Trinajstić information content (AvgIpc) is 3.31. The summed E-state index contributed by atoms with van der Waals surface area (Å²) in [5, 5.41) is 2.78. The molecule has 0 fully saturated rings. The van der Waals surface area contributed by atoms with Gasteiger partial charge in [-0.3, -0.25) is 4.79 Å². The van der Waals surface area contributed by atoms with E-state index in [0.29, 0.717) is 26.8 Å². The van der Waals surface area contributed by atoms with Crippen molar-refractivity contribution < 1.29 is 4.42 Å². The zero-order valence-corrected chi connectivity index (χ0v) is 15.5. The number of rotatable bonds is 4. The van der Waals surface area contributed by atoms with Gasteiger partial charge in [-0.05, 0) is 35.8 Å². The fourth-order valence-corrected chi connectivity index (χ4v) is 3.88. The van der Waals surface area contributed by atoms with Gasteiger partial charge in [-0.2, -0.15) is 0 Å². The molecule has 0 atom stereocenters. The number of nitrogens with zero attached hydrogens (tertiary/aromatic N) is 1. The lowest BCUT2D eigenvalue weighted by Gasteiger charge is -2.02. The van der Waals surface area contributed by atoms with Crippen molar-refractivity contribution in [2.75, 3.05) is 0 Å². The van der Waals surface area contributed by atoms with Crippen molar-refractivity contribution in [2.45, 2.75) is 13.3 Å². The number of benzene rings is 1. The van der Waals surface area contributed by atoms with Gasteiger partial charge in [-0.15, -0.1) is 11.3 Å². The second kappa shape index (κ2) is 6.94. The number of furan rings is 1. The second-order valence-corrected chi connectivity index (χ2v) is 7.07. The van der Waals surface area contributed by atoms with Crippen LogP contribution in [0.3, 0.4) is 0 Å². The molecule has 0 saturated heterocycles. The van der Waals surface area contributed by atoms with Gasteiger partial charge in [0, 0.05) is 10.9 Å². The van der Waals surface area contributed by atoms with Crippen LogP contribution in [0.25, 0.3) is 32.6 Å². The van der Waals surface area contributed by atoms with Crippen LogP contribution in [0, 0.1) is 0 Å². The van der Waals surface area contributed by atoms with Crippen LogP contribution in [0.2, 0.25) is 0 Å². The molecule has 130 valence electrons. The lowest BCUT2D eigenvalue weighted by Crippen LogP contribution is -2.10. The van der Waals surface area contributed by atoms with Crippen molar-refractivity contribution in [3.05, 3.63) is 75.3 Å². The summed E-state index contributed by atoms with van der Waals surface area (Å²) in [5.74, 6) is 1.01. The Bertz CT molecular complexity index is 1140. The lowest BCUT2D eigenvalue weighted by atomic mass is 10.1. The van der Waals surface area contributed by atoms with Crippen LogP contribution in [0.1, 0.15) is 23.9 Å². The first-order valence-corrected chi connectivity index (χ1v) is 9.43. The van der Waals surface area contributed by atoms with Gasteiger partial charge in [-0.25, -0.2) is 4.98 Å². The normalized spacial score (nSPS) is 12.0. The Morgan fingerprint density at radius 1 is 1.31 bits per heavy atom. The van der Waals surface area contributed by atoms with E-state index in [1.54, 1.807) is 18.4 Å². The number of hydrogen-bond acceptors (Lipinski definition) is 4. The summed E-state index contributed by atoms with van der Waals surface area (Å²) in [5.41, 5.74) is 2.73. The molecule has 0 spiro atoms. The lowest BCUT2D eigenvalue weighted by molar-refractivity contribution is 0.583. The number of nitrogens with one attached hydrogen (secondary N) is 1. The molecule has 0 radical (unpaired) electrons. The van der Waals surface area contributed by atoms with Gasteiger partial charge in [0.25, 0.3) is 5.56 Å². The van der Waals surface area contributed by atoms with Gasteiger partial charge in [0.05, 0.1) is 16.7 Å². The molecule has 3 aromatic heterocycles. The topological polar surface area (TPSA) is 58.9 Å². The van der Waals surface area contributed by atoms with Gasteiger partial charge in [0.1, 0.15) is 10.6 Å². The molecule has 0 aliphatic heterocycles. The Balaban J connectivity index is 1.75. The molecule has 1 N–H and O–H groups in total. The first kappa shape index (κ1) is 16.8. The van der Waals surface area contributed by atoms with E-state index in [4.69, 9.17) is 16.0 Å². The molecule has 0 amide bonds. The van der Waals surface area contributed by atoms with Crippen LogP contribution in [-0.4, -0.2) is 9.97 Å². The highest BCUT2D eigenvalue weighted by Gasteiger charge is 2.15. The molecule has 4 aromatic rings. The van der Waals surface area contributed by atoms with Crippen molar-refractivity contribution in [3.8, 4) is 11.3 Å². The number of aryl methyl sites for hydroxylation is 1. The van der Waals surface area contributed by atoms with E-state index < -0.39 is 0 Å². The smallest absolute Gasteiger partial charge is 0.260 e. The van der Waals surface area contributed by atoms with Crippen molar-refractivity contribution >= 4 is 44.3 Å². The Labute approximate surface area is 158 Å². The maximum atomic E-state index is 12.6. The summed E-state index contributed by atoms with van der Waals surface area (Å²) in [6, 6.07) is 11.7. The minimum absolute atomic E-state index is 0.231. The highest BCUT2D eigenvalue weighted by atomic mass is 35.5. The minimum atomic E-state index is -0.231. The van der Waals surface area contributed by atoms with Gasteiger partial charge >= 0.3 is 0 Å². The number of aromatic amines is 1. The van der Waals surface area contributed by atoms with Gasteiger partial charge in [0.2, 0.25) is 0 Å². The Kier molecular flexibility index (Phi) is 4.49. The van der Waals surface area contributed by atoms with E-state index in [1.165, 1.54) is 16.9 Å². The van der Waals surface area contributed by atoms with Crippen LogP contribution >= 0.6 is 22.9 Å². The zero-order chi connectivity index (χ0) is 18.1. The molecule has 4 nitrogen and oxygen atoms in total. The molecule has 3 heterocycles. The van der Waals surface area contributed by atoms with Crippen molar-refractivity contribution in [3.63, 3.8) is 0 Å². The molecule has 0 unspecified atom stereocenters. The van der Waals surface area contributed by atoms with Crippen molar-refractivity contribution in [1.29, 1.82) is 0 Å². The maximum Gasteiger partial charge on any atom is 0.260 e. The molecule has 4 rings (SSSR count). The van der Waals surface area contributed by atoms with Gasteiger partial charge in [0.15, 0.2) is 5.82 Å². The molecule has 0 aliphatic carbocycles.